The number of benzene rings is 2. The SMILES string of the molecule is CCOc1cc(-c2nc3c(C(N)=O)cccc3[nH]2)ccc1Nc1ncc2c(n1)N(C1CCCC1)[C@H](CC)C(=O)N2C. The molecule has 4 N–H and O–H groups in total. The summed E-state index contributed by atoms with van der Waals surface area (Å²) in [6.07, 6.45) is 6.86. The molecule has 0 bridgehead atoms. The summed E-state index contributed by atoms with van der Waals surface area (Å²) in [5.74, 6) is 1.96. The molecule has 2 aliphatic rings. The van der Waals surface area contributed by atoms with Gasteiger partial charge in [0.1, 0.15) is 28.8 Å². The van der Waals surface area contributed by atoms with E-state index in [-0.39, 0.29) is 18.0 Å². The van der Waals surface area contributed by atoms with Gasteiger partial charge in [0.2, 0.25) is 11.9 Å². The lowest BCUT2D eigenvalue weighted by molar-refractivity contribution is -0.120. The molecule has 2 aromatic heterocycles. The van der Waals surface area contributed by atoms with Crippen molar-refractivity contribution in [2.75, 3.05) is 28.8 Å². The van der Waals surface area contributed by atoms with E-state index in [9.17, 15) is 9.59 Å². The lowest BCUT2D eigenvalue weighted by atomic mass is 10.0. The van der Waals surface area contributed by atoms with Gasteiger partial charge in [-0.15, -0.1) is 0 Å². The van der Waals surface area contributed by atoms with Crippen molar-refractivity contribution in [2.24, 2.45) is 5.73 Å². The summed E-state index contributed by atoms with van der Waals surface area (Å²) < 4.78 is 5.99. The summed E-state index contributed by atoms with van der Waals surface area (Å²) in [5, 5.41) is 3.34. The fourth-order valence-corrected chi connectivity index (χ4v) is 5.98. The van der Waals surface area contributed by atoms with E-state index in [2.05, 4.69) is 32.1 Å². The number of hydrogen-bond donors (Lipinski definition) is 3. The molecule has 6 rings (SSSR count). The van der Waals surface area contributed by atoms with Crippen LogP contribution in [-0.2, 0) is 4.79 Å². The van der Waals surface area contributed by atoms with Crippen molar-refractivity contribution in [3.8, 4) is 17.1 Å². The van der Waals surface area contributed by atoms with Gasteiger partial charge in [0.25, 0.3) is 5.91 Å². The molecule has 3 heterocycles. The number of aromatic nitrogens is 4. The van der Waals surface area contributed by atoms with Gasteiger partial charge in [0.05, 0.1) is 29.6 Å². The van der Waals surface area contributed by atoms with Crippen molar-refractivity contribution in [3.05, 3.63) is 48.2 Å². The van der Waals surface area contributed by atoms with E-state index < -0.39 is 5.91 Å². The third-order valence-electron chi connectivity index (χ3n) is 7.99. The molecule has 0 saturated heterocycles. The van der Waals surface area contributed by atoms with E-state index in [0.29, 0.717) is 47.3 Å². The Balaban J connectivity index is 1.35. The second-order valence-electron chi connectivity index (χ2n) is 10.5. The maximum atomic E-state index is 13.2. The molecule has 0 radical (unpaired) electrons. The van der Waals surface area contributed by atoms with Crippen molar-refractivity contribution in [1.82, 2.24) is 19.9 Å². The predicted octanol–water partition coefficient (Wildman–Crippen LogP) is 4.77. The number of likely N-dealkylation sites (N-methyl/N-ethyl adjacent to an activating group) is 1. The van der Waals surface area contributed by atoms with Crippen LogP contribution in [0.1, 0.15) is 56.3 Å². The molecule has 0 spiro atoms. The van der Waals surface area contributed by atoms with Gasteiger partial charge in [-0.1, -0.05) is 25.8 Å². The zero-order chi connectivity index (χ0) is 28.7. The molecule has 11 nitrogen and oxygen atoms in total. The van der Waals surface area contributed by atoms with Crippen LogP contribution in [0, 0.1) is 0 Å². The van der Waals surface area contributed by atoms with E-state index in [4.69, 9.17) is 15.5 Å². The van der Waals surface area contributed by atoms with Crippen molar-refractivity contribution < 1.29 is 14.3 Å². The number of carbonyl (C=O) groups excluding carboxylic acids is 2. The van der Waals surface area contributed by atoms with Crippen LogP contribution in [0.25, 0.3) is 22.4 Å². The third-order valence-corrected chi connectivity index (χ3v) is 7.99. The quantitative estimate of drug-likeness (QED) is 0.283. The Labute approximate surface area is 238 Å². The Morgan fingerprint density at radius 1 is 1.17 bits per heavy atom. The van der Waals surface area contributed by atoms with Gasteiger partial charge in [-0.2, -0.15) is 4.98 Å². The average molecular weight is 555 g/mol. The molecule has 1 saturated carbocycles. The summed E-state index contributed by atoms with van der Waals surface area (Å²) in [6, 6.07) is 11.0. The van der Waals surface area contributed by atoms with Crippen LogP contribution in [0.5, 0.6) is 5.75 Å². The summed E-state index contributed by atoms with van der Waals surface area (Å²) in [7, 11) is 1.79. The lowest BCUT2D eigenvalue weighted by Crippen LogP contribution is -2.55. The largest absolute Gasteiger partial charge is 0.492 e. The number of fused-ring (bicyclic) bond motifs is 2. The molecule has 1 fully saturated rings. The smallest absolute Gasteiger partial charge is 0.250 e. The van der Waals surface area contributed by atoms with Crippen LogP contribution in [-0.4, -0.2) is 57.5 Å². The van der Waals surface area contributed by atoms with Gasteiger partial charge in [0, 0.05) is 18.7 Å². The maximum absolute atomic E-state index is 13.2. The zero-order valence-corrected chi connectivity index (χ0v) is 23.5. The first-order valence-electron chi connectivity index (χ1n) is 14.1. The Hall–Kier alpha value is -4.67. The highest BCUT2D eigenvalue weighted by Crippen LogP contribution is 2.40. The predicted molar refractivity (Wildman–Crippen MR) is 159 cm³/mol. The lowest BCUT2D eigenvalue weighted by Gasteiger charge is -2.43. The number of carbonyl (C=O) groups is 2. The normalized spacial score (nSPS) is 17.2. The topological polar surface area (TPSA) is 142 Å². The molecule has 1 aliphatic carbocycles. The number of rotatable bonds is 8. The molecule has 11 heteroatoms. The Morgan fingerprint density at radius 2 is 1.98 bits per heavy atom. The van der Waals surface area contributed by atoms with E-state index >= 15 is 0 Å². The number of imidazole rings is 1. The monoisotopic (exact) mass is 554 g/mol. The van der Waals surface area contributed by atoms with Crippen LogP contribution in [0.3, 0.4) is 0 Å². The van der Waals surface area contributed by atoms with Crippen LogP contribution >= 0.6 is 0 Å². The molecule has 1 aliphatic heterocycles. The van der Waals surface area contributed by atoms with Gasteiger partial charge in [-0.25, -0.2) is 9.97 Å². The minimum atomic E-state index is -0.527. The van der Waals surface area contributed by atoms with Crippen LogP contribution < -0.4 is 25.6 Å². The number of nitrogens with two attached hydrogens (primary N) is 1. The zero-order valence-electron chi connectivity index (χ0n) is 23.5. The third kappa shape index (κ3) is 4.71. The van der Waals surface area contributed by atoms with Gasteiger partial charge >= 0.3 is 0 Å². The Bertz CT molecular complexity index is 1630. The van der Waals surface area contributed by atoms with E-state index in [1.54, 1.807) is 30.3 Å². The number of anilines is 4. The molecule has 41 heavy (non-hydrogen) atoms. The Morgan fingerprint density at radius 3 is 2.71 bits per heavy atom. The number of hydrogen-bond acceptors (Lipinski definition) is 8. The molecule has 2 aromatic carbocycles. The second kappa shape index (κ2) is 10.7. The molecule has 4 aromatic rings. The van der Waals surface area contributed by atoms with Crippen molar-refractivity contribution in [3.63, 3.8) is 0 Å². The highest BCUT2D eigenvalue weighted by Gasteiger charge is 2.41. The van der Waals surface area contributed by atoms with Crippen LogP contribution in [0.4, 0.5) is 23.1 Å². The van der Waals surface area contributed by atoms with Gasteiger partial charge in [-0.3, -0.25) is 9.59 Å². The standard InChI is InChI=1S/C30H34N8O3/c1-4-22-29(40)37(3)23-16-32-30(36-28(23)38(22)18-9-6-7-10-18)34-20-14-13-17(15-24(20)41-5-2)27-33-21-12-8-11-19(26(31)39)25(21)35-27/h8,11-16,18,22H,4-7,9-10H2,1-3H3,(H2,31,39)(H,33,35)(H,32,34,36)/t22-/m1/s1. The van der Waals surface area contributed by atoms with Gasteiger partial charge < -0.3 is 30.6 Å². The Kier molecular flexibility index (Phi) is 6.94. The number of primary amides is 1. The molecular weight excluding hydrogens is 520 g/mol. The summed E-state index contributed by atoms with van der Waals surface area (Å²) in [5.41, 5.74) is 9.36. The van der Waals surface area contributed by atoms with Crippen molar-refractivity contribution in [2.45, 2.75) is 58.0 Å². The number of nitrogens with one attached hydrogen (secondary N) is 2. The summed E-state index contributed by atoms with van der Waals surface area (Å²) in [6.45, 7) is 4.43. The highest BCUT2D eigenvalue weighted by atomic mass is 16.5. The maximum Gasteiger partial charge on any atom is 0.250 e. The number of ether oxygens (including phenoxy) is 1. The fraction of sp³-hybridized carbons (Fsp3) is 0.367. The number of para-hydroxylation sites is 1. The molecular formula is C30H34N8O3. The highest BCUT2D eigenvalue weighted by molar-refractivity contribution is 6.05. The molecule has 212 valence electrons. The number of amides is 2. The van der Waals surface area contributed by atoms with E-state index in [0.717, 1.165) is 48.3 Å². The van der Waals surface area contributed by atoms with Crippen LogP contribution in [0.2, 0.25) is 0 Å². The number of nitrogens with zero attached hydrogens (tertiary/aromatic N) is 5. The first-order chi connectivity index (χ1) is 19.9. The first kappa shape index (κ1) is 26.5. The van der Waals surface area contributed by atoms with Gasteiger partial charge in [0.15, 0.2) is 5.82 Å². The minimum Gasteiger partial charge on any atom is -0.492 e. The number of H-pyrrole nitrogens is 1. The second-order valence-corrected chi connectivity index (χ2v) is 10.5. The molecule has 2 amide bonds. The van der Waals surface area contributed by atoms with Crippen molar-refractivity contribution in [1.29, 1.82) is 0 Å². The van der Waals surface area contributed by atoms with Gasteiger partial charge in [-0.05, 0) is 56.5 Å². The average Bonchev–Trinajstić information content (AvgIpc) is 3.66. The van der Waals surface area contributed by atoms with Crippen molar-refractivity contribution >= 4 is 46.0 Å². The van der Waals surface area contributed by atoms with E-state index in [1.165, 1.54) is 0 Å². The summed E-state index contributed by atoms with van der Waals surface area (Å²) in [4.78, 5) is 46.4. The molecule has 0 unspecified atom stereocenters. The molecule has 1 atom stereocenters. The van der Waals surface area contributed by atoms with Crippen LogP contribution in [0.15, 0.2) is 42.6 Å². The first-order valence-corrected chi connectivity index (χ1v) is 14.1. The van der Waals surface area contributed by atoms with E-state index in [1.807, 2.05) is 31.2 Å². The summed E-state index contributed by atoms with van der Waals surface area (Å²) >= 11 is 0. The minimum absolute atomic E-state index is 0.0824. The fourth-order valence-electron chi connectivity index (χ4n) is 5.98. The number of aromatic amines is 1.